The second-order valence-corrected chi connectivity index (χ2v) is 3.05. The van der Waals surface area contributed by atoms with Gasteiger partial charge < -0.3 is 0 Å². The van der Waals surface area contributed by atoms with Gasteiger partial charge in [-0.3, -0.25) is 0 Å². The van der Waals surface area contributed by atoms with Crippen LogP contribution in [-0.2, 0) is 9.78 Å². The summed E-state index contributed by atoms with van der Waals surface area (Å²) in [5.74, 6) is 0. The van der Waals surface area contributed by atoms with Crippen molar-refractivity contribution < 1.29 is 9.78 Å². The fourth-order valence-corrected chi connectivity index (χ4v) is 1.44. The summed E-state index contributed by atoms with van der Waals surface area (Å²) >= 11 is 0. The summed E-state index contributed by atoms with van der Waals surface area (Å²) in [5, 5.41) is 0. The minimum absolute atomic E-state index is 0.269. The molecule has 1 saturated carbocycles. The fraction of sp³-hybridized carbons (Fsp3) is 0.200. The molecule has 2 aliphatic heterocycles. The zero-order valence-electron chi connectivity index (χ0n) is 6.80. The van der Waals surface area contributed by atoms with E-state index in [1.807, 2.05) is 0 Å². The SMILES string of the molecule is C=C1C(=C)C2OOC1C(=C)C2=C. The minimum atomic E-state index is -0.269. The first-order chi connectivity index (χ1) is 5.63. The van der Waals surface area contributed by atoms with Crippen molar-refractivity contribution in [1.29, 1.82) is 0 Å². The highest BCUT2D eigenvalue weighted by Gasteiger charge is 2.41. The lowest BCUT2D eigenvalue weighted by atomic mass is 9.80. The Kier molecular flexibility index (Phi) is 1.37. The first-order valence-corrected chi connectivity index (χ1v) is 3.71. The largest absolute Gasteiger partial charge is 0.223 e. The highest BCUT2D eigenvalue weighted by Crippen LogP contribution is 2.42. The van der Waals surface area contributed by atoms with Gasteiger partial charge in [0.2, 0.25) is 0 Å². The molecule has 0 spiro atoms. The van der Waals surface area contributed by atoms with Gasteiger partial charge in [-0.25, -0.2) is 9.78 Å². The molecule has 0 aromatic carbocycles. The molecule has 0 aromatic heterocycles. The molecule has 3 aliphatic rings. The zero-order valence-corrected chi connectivity index (χ0v) is 6.80. The summed E-state index contributed by atoms with van der Waals surface area (Å²) in [7, 11) is 0. The van der Waals surface area contributed by atoms with Gasteiger partial charge in [0, 0.05) is 0 Å². The Labute approximate surface area is 71.4 Å². The molecular weight excluding hydrogens is 152 g/mol. The van der Waals surface area contributed by atoms with E-state index in [9.17, 15) is 0 Å². The van der Waals surface area contributed by atoms with Crippen LogP contribution in [0, 0.1) is 0 Å². The lowest BCUT2D eigenvalue weighted by Crippen LogP contribution is -2.41. The average molecular weight is 162 g/mol. The van der Waals surface area contributed by atoms with E-state index < -0.39 is 0 Å². The Morgan fingerprint density at radius 1 is 0.667 bits per heavy atom. The van der Waals surface area contributed by atoms with E-state index in [2.05, 4.69) is 26.3 Å². The van der Waals surface area contributed by atoms with Gasteiger partial charge in [0.15, 0.2) is 0 Å². The zero-order chi connectivity index (χ0) is 8.88. The van der Waals surface area contributed by atoms with Crippen molar-refractivity contribution in [3.63, 3.8) is 0 Å². The smallest absolute Gasteiger partial charge is 0.143 e. The third-order valence-electron chi connectivity index (χ3n) is 2.34. The molecule has 0 amide bonds. The van der Waals surface area contributed by atoms with Crippen LogP contribution in [0.25, 0.3) is 0 Å². The number of fused-ring (bicyclic) bond motifs is 3. The number of rotatable bonds is 0. The van der Waals surface area contributed by atoms with Gasteiger partial charge in [-0.1, -0.05) is 26.3 Å². The molecule has 12 heavy (non-hydrogen) atoms. The first kappa shape index (κ1) is 7.53. The van der Waals surface area contributed by atoms with Crippen molar-refractivity contribution in [2.75, 3.05) is 0 Å². The molecule has 2 saturated heterocycles. The predicted octanol–water partition coefficient (Wildman–Crippen LogP) is 1.92. The van der Waals surface area contributed by atoms with Crippen LogP contribution in [-0.4, -0.2) is 12.2 Å². The Balaban J connectivity index is 2.48. The molecule has 0 atom stereocenters. The standard InChI is InChI=1S/C10H10O2/c1-5-6(2)10-8(4)7(3)9(5)11-12-10/h9-10H,1-4H2. The normalized spacial score (nSPS) is 34.7. The third-order valence-corrected chi connectivity index (χ3v) is 2.34. The van der Waals surface area contributed by atoms with E-state index in [-0.39, 0.29) is 12.2 Å². The van der Waals surface area contributed by atoms with Gasteiger partial charge in [0.05, 0.1) is 0 Å². The Bertz CT molecular complexity index is 252. The molecule has 2 heteroatoms. The fourth-order valence-electron chi connectivity index (χ4n) is 1.44. The third kappa shape index (κ3) is 0.709. The van der Waals surface area contributed by atoms with Crippen LogP contribution in [0.4, 0.5) is 0 Å². The highest BCUT2D eigenvalue weighted by atomic mass is 17.2. The Hall–Kier alpha value is -1.12. The van der Waals surface area contributed by atoms with Gasteiger partial charge in [-0.15, -0.1) is 0 Å². The molecule has 3 rings (SSSR count). The molecule has 0 radical (unpaired) electrons. The van der Waals surface area contributed by atoms with Gasteiger partial charge in [0.1, 0.15) is 12.2 Å². The molecule has 62 valence electrons. The molecule has 0 unspecified atom stereocenters. The Morgan fingerprint density at radius 3 is 1.17 bits per heavy atom. The van der Waals surface area contributed by atoms with Crippen LogP contribution >= 0.6 is 0 Å². The number of hydrogen-bond acceptors (Lipinski definition) is 2. The second kappa shape index (κ2) is 2.19. The maximum Gasteiger partial charge on any atom is 0.143 e. The van der Waals surface area contributed by atoms with Gasteiger partial charge in [-0.05, 0) is 22.3 Å². The molecule has 0 N–H and O–H groups in total. The summed E-state index contributed by atoms with van der Waals surface area (Å²) < 4.78 is 0. The molecular formula is C10H10O2. The van der Waals surface area contributed by atoms with Crippen LogP contribution in [0.15, 0.2) is 48.6 Å². The van der Waals surface area contributed by atoms with E-state index >= 15 is 0 Å². The van der Waals surface area contributed by atoms with Crippen molar-refractivity contribution in [2.45, 2.75) is 12.2 Å². The van der Waals surface area contributed by atoms with Gasteiger partial charge in [0.25, 0.3) is 0 Å². The van der Waals surface area contributed by atoms with Crippen LogP contribution < -0.4 is 0 Å². The van der Waals surface area contributed by atoms with E-state index in [4.69, 9.17) is 9.78 Å². The summed E-state index contributed by atoms with van der Waals surface area (Å²) in [4.78, 5) is 10.0. The maximum atomic E-state index is 5.02. The van der Waals surface area contributed by atoms with Gasteiger partial charge in [-0.2, -0.15) is 0 Å². The minimum Gasteiger partial charge on any atom is -0.223 e. The van der Waals surface area contributed by atoms with E-state index in [1.54, 1.807) is 0 Å². The van der Waals surface area contributed by atoms with Crippen LogP contribution in [0.1, 0.15) is 0 Å². The van der Waals surface area contributed by atoms with Crippen LogP contribution in [0.3, 0.4) is 0 Å². The van der Waals surface area contributed by atoms with Crippen molar-refractivity contribution in [1.82, 2.24) is 0 Å². The molecule has 3 fully saturated rings. The molecule has 2 nitrogen and oxygen atoms in total. The average Bonchev–Trinajstić information content (AvgIpc) is 2.05. The van der Waals surface area contributed by atoms with Crippen molar-refractivity contribution in [3.8, 4) is 0 Å². The van der Waals surface area contributed by atoms with Crippen LogP contribution in [0.2, 0.25) is 0 Å². The van der Waals surface area contributed by atoms with Gasteiger partial charge >= 0.3 is 0 Å². The summed E-state index contributed by atoms with van der Waals surface area (Å²) in [6.45, 7) is 15.4. The van der Waals surface area contributed by atoms with E-state index in [0.717, 1.165) is 22.3 Å². The quantitative estimate of drug-likeness (QED) is 0.507. The molecule has 2 bridgehead atoms. The Morgan fingerprint density at radius 2 is 0.917 bits per heavy atom. The topological polar surface area (TPSA) is 18.5 Å². The van der Waals surface area contributed by atoms with Crippen LogP contribution in [0.5, 0.6) is 0 Å². The maximum absolute atomic E-state index is 5.02. The van der Waals surface area contributed by atoms with Crippen molar-refractivity contribution in [3.05, 3.63) is 48.6 Å². The lowest BCUT2D eigenvalue weighted by molar-refractivity contribution is -0.342. The van der Waals surface area contributed by atoms with Crippen molar-refractivity contribution in [2.24, 2.45) is 0 Å². The summed E-state index contributed by atoms with van der Waals surface area (Å²) in [6.07, 6.45) is -0.537. The predicted molar refractivity (Wildman–Crippen MR) is 46.3 cm³/mol. The molecule has 2 heterocycles. The van der Waals surface area contributed by atoms with E-state index in [0.29, 0.717) is 0 Å². The number of hydrogen-bond donors (Lipinski definition) is 0. The van der Waals surface area contributed by atoms with Crippen molar-refractivity contribution >= 4 is 0 Å². The molecule has 0 aromatic rings. The summed E-state index contributed by atoms with van der Waals surface area (Å²) in [5.41, 5.74) is 3.40. The van der Waals surface area contributed by atoms with E-state index in [1.165, 1.54) is 0 Å². The summed E-state index contributed by atoms with van der Waals surface area (Å²) in [6, 6.07) is 0. The second-order valence-electron chi connectivity index (χ2n) is 3.05. The first-order valence-electron chi connectivity index (χ1n) is 3.71. The lowest BCUT2D eigenvalue weighted by Gasteiger charge is -2.40. The highest BCUT2D eigenvalue weighted by molar-refractivity contribution is 5.56. The molecule has 1 aliphatic carbocycles. The monoisotopic (exact) mass is 162 g/mol.